The molecule has 1 saturated heterocycles. The maximum Gasteiger partial charge on any atom is 0.266 e. The van der Waals surface area contributed by atoms with Crippen molar-refractivity contribution in [3.05, 3.63) is 60.9 Å². The van der Waals surface area contributed by atoms with E-state index in [0.717, 1.165) is 15.6 Å². The summed E-state index contributed by atoms with van der Waals surface area (Å²) in [5.41, 5.74) is 1.62. The summed E-state index contributed by atoms with van der Waals surface area (Å²) < 4.78 is 12.5. The fourth-order valence-corrected chi connectivity index (χ4v) is 4.55. The van der Waals surface area contributed by atoms with Gasteiger partial charge in [0.25, 0.3) is 5.91 Å². The van der Waals surface area contributed by atoms with Crippen LogP contribution in [0.15, 0.2) is 44.7 Å². The summed E-state index contributed by atoms with van der Waals surface area (Å²) in [6.45, 7) is 2.63. The van der Waals surface area contributed by atoms with Gasteiger partial charge in [0.15, 0.2) is 16.7 Å². The second kappa shape index (κ2) is 10.1. The number of carbonyl (C=O) groups is 1. The van der Waals surface area contributed by atoms with Crippen LogP contribution in [0.1, 0.15) is 18.1 Å². The van der Waals surface area contributed by atoms with E-state index < -0.39 is 0 Å². The molecule has 0 radical (unpaired) electrons. The molecule has 9 heteroatoms. The van der Waals surface area contributed by atoms with Crippen molar-refractivity contribution < 1.29 is 14.3 Å². The van der Waals surface area contributed by atoms with E-state index in [1.165, 1.54) is 16.7 Å². The third-order valence-corrected chi connectivity index (χ3v) is 6.67. The lowest BCUT2D eigenvalue weighted by Gasteiger charge is -2.15. The maximum absolute atomic E-state index is 12.4. The van der Waals surface area contributed by atoms with Gasteiger partial charge in [0.1, 0.15) is 6.61 Å². The Morgan fingerprint density at radius 2 is 1.93 bits per heavy atom. The molecular formula is C21H19BrCl2N2O3S. The molecule has 0 aromatic heterocycles. The number of hydrogen-bond acceptors (Lipinski definition) is 5. The molecule has 0 saturated carbocycles. The highest BCUT2D eigenvalue weighted by Gasteiger charge is 2.30. The number of rotatable bonds is 6. The van der Waals surface area contributed by atoms with Gasteiger partial charge in [-0.15, -0.1) is 0 Å². The molecule has 1 amide bonds. The normalized spacial score (nSPS) is 16.6. The zero-order valence-electron chi connectivity index (χ0n) is 16.5. The maximum atomic E-state index is 12.4. The van der Waals surface area contributed by atoms with Crippen molar-refractivity contribution in [1.82, 2.24) is 4.90 Å². The fraction of sp³-hybridized carbons (Fsp3) is 0.238. The van der Waals surface area contributed by atoms with Crippen LogP contribution < -0.4 is 9.47 Å². The summed E-state index contributed by atoms with van der Waals surface area (Å²) in [6.07, 6.45) is 1.81. The molecule has 1 heterocycles. The van der Waals surface area contributed by atoms with Crippen molar-refractivity contribution in [3.63, 3.8) is 0 Å². The predicted octanol–water partition coefficient (Wildman–Crippen LogP) is 6.27. The van der Waals surface area contributed by atoms with Crippen LogP contribution in [0.4, 0.5) is 0 Å². The molecule has 30 heavy (non-hydrogen) atoms. The van der Waals surface area contributed by atoms with Crippen LogP contribution in [0, 0.1) is 0 Å². The van der Waals surface area contributed by atoms with E-state index in [-0.39, 0.29) is 12.5 Å². The van der Waals surface area contributed by atoms with E-state index in [0.29, 0.717) is 38.2 Å². The van der Waals surface area contributed by atoms with Gasteiger partial charge in [-0.1, -0.05) is 45.2 Å². The van der Waals surface area contributed by atoms with Crippen LogP contribution >= 0.6 is 50.9 Å². The van der Waals surface area contributed by atoms with E-state index in [1.807, 2.05) is 31.2 Å². The number of benzene rings is 2. The Morgan fingerprint density at radius 3 is 2.57 bits per heavy atom. The van der Waals surface area contributed by atoms with Crippen LogP contribution in [-0.2, 0) is 11.4 Å². The molecule has 5 nitrogen and oxygen atoms in total. The van der Waals surface area contributed by atoms with E-state index in [2.05, 4.69) is 20.9 Å². The lowest BCUT2D eigenvalue weighted by atomic mass is 10.1. The minimum atomic E-state index is -0.0943. The van der Waals surface area contributed by atoms with E-state index in [4.69, 9.17) is 32.7 Å². The number of nitrogens with zero attached hydrogens (tertiary/aromatic N) is 2. The van der Waals surface area contributed by atoms with Gasteiger partial charge in [-0.25, -0.2) is 0 Å². The summed E-state index contributed by atoms with van der Waals surface area (Å²) >= 11 is 17.1. The molecule has 0 N–H and O–H groups in total. The van der Waals surface area contributed by atoms with Crippen LogP contribution in [0.25, 0.3) is 6.08 Å². The number of ether oxygens (including phenoxy) is 2. The Balaban J connectivity index is 1.89. The first-order chi connectivity index (χ1) is 14.3. The van der Waals surface area contributed by atoms with Crippen molar-refractivity contribution in [1.29, 1.82) is 0 Å². The molecular weight excluding hydrogens is 511 g/mol. The number of likely N-dealkylation sites (N-methyl/N-ethyl adjacent to an activating group) is 1. The highest BCUT2D eigenvalue weighted by atomic mass is 79.9. The Kier molecular flexibility index (Phi) is 7.74. The third kappa shape index (κ3) is 5.14. The lowest BCUT2D eigenvalue weighted by molar-refractivity contribution is -0.121. The van der Waals surface area contributed by atoms with Crippen molar-refractivity contribution in [2.75, 3.05) is 20.7 Å². The molecule has 0 unspecified atom stereocenters. The van der Waals surface area contributed by atoms with Gasteiger partial charge >= 0.3 is 0 Å². The first-order valence-electron chi connectivity index (χ1n) is 9.01. The number of aliphatic imine (C=N–C) groups is 1. The average molecular weight is 530 g/mol. The van der Waals surface area contributed by atoms with Crippen LogP contribution in [-0.4, -0.2) is 36.7 Å². The van der Waals surface area contributed by atoms with Gasteiger partial charge in [-0.05, 0) is 54.6 Å². The van der Waals surface area contributed by atoms with Crippen LogP contribution in [0.5, 0.6) is 11.5 Å². The van der Waals surface area contributed by atoms with Gasteiger partial charge in [0.05, 0.1) is 11.5 Å². The molecule has 1 aliphatic rings. The molecule has 0 aliphatic carbocycles. The quantitative estimate of drug-likeness (QED) is 0.414. The topological polar surface area (TPSA) is 51.1 Å². The highest BCUT2D eigenvalue weighted by Crippen LogP contribution is 2.38. The minimum absolute atomic E-state index is 0.0943. The zero-order chi connectivity index (χ0) is 21.8. The lowest BCUT2D eigenvalue weighted by Crippen LogP contribution is -2.23. The second-order valence-electron chi connectivity index (χ2n) is 6.26. The number of thioether (sulfide) groups is 1. The highest BCUT2D eigenvalue weighted by molar-refractivity contribution is 9.10. The second-order valence-corrected chi connectivity index (χ2v) is 8.97. The standard InChI is InChI=1S/C21H19BrCl2N2O3S/c1-4-28-17-7-13(8-19-20(27)26(3)21(25-2)30-19)15(22)10-18(17)29-11-12-5-6-14(23)9-16(12)24/h5-10H,4,11H2,1-3H3/b19-8-,25-21?. The molecule has 158 valence electrons. The Bertz CT molecular complexity index is 1040. The fourth-order valence-electron chi connectivity index (χ4n) is 2.73. The summed E-state index contributed by atoms with van der Waals surface area (Å²) in [5, 5.41) is 1.77. The smallest absolute Gasteiger partial charge is 0.266 e. The van der Waals surface area contributed by atoms with Gasteiger partial charge in [-0.2, -0.15) is 0 Å². The Labute approximate surface area is 198 Å². The number of amidine groups is 1. The first-order valence-corrected chi connectivity index (χ1v) is 11.4. The predicted molar refractivity (Wildman–Crippen MR) is 128 cm³/mol. The molecule has 1 aliphatic heterocycles. The molecule has 2 aromatic rings. The summed E-state index contributed by atoms with van der Waals surface area (Å²) in [5.74, 6) is 1.05. The van der Waals surface area contributed by atoms with Crippen LogP contribution in [0.2, 0.25) is 10.0 Å². The van der Waals surface area contributed by atoms with E-state index in [1.54, 1.807) is 26.2 Å². The van der Waals surface area contributed by atoms with Crippen molar-refractivity contribution in [2.45, 2.75) is 13.5 Å². The van der Waals surface area contributed by atoms with Gasteiger partial charge in [-0.3, -0.25) is 14.7 Å². The van der Waals surface area contributed by atoms with E-state index in [9.17, 15) is 4.79 Å². The molecule has 2 aromatic carbocycles. The number of hydrogen-bond donors (Lipinski definition) is 0. The Morgan fingerprint density at radius 1 is 1.20 bits per heavy atom. The molecule has 1 fully saturated rings. The van der Waals surface area contributed by atoms with Gasteiger partial charge in [0.2, 0.25) is 0 Å². The number of carbonyl (C=O) groups excluding carboxylic acids is 1. The van der Waals surface area contributed by atoms with Crippen molar-refractivity contribution >= 4 is 68.0 Å². The largest absolute Gasteiger partial charge is 0.490 e. The van der Waals surface area contributed by atoms with Gasteiger partial charge < -0.3 is 9.47 Å². The first kappa shape index (κ1) is 23.0. The molecule has 0 atom stereocenters. The minimum Gasteiger partial charge on any atom is -0.490 e. The monoisotopic (exact) mass is 528 g/mol. The third-order valence-electron chi connectivity index (χ3n) is 4.24. The van der Waals surface area contributed by atoms with Crippen molar-refractivity contribution in [3.8, 4) is 11.5 Å². The van der Waals surface area contributed by atoms with Gasteiger partial charge in [0, 0.05) is 34.2 Å². The average Bonchev–Trinajstić information content (AvgIpc) is 2.98. The summed E-state index contributed by atoms with van der Waals surface area (Å²) in [4.78, 5) is 18.7. The molecule has 3 rings (SSSR count). The SMILES string of the molecule is CCOc1cc(/C=C2\SC(=NC)N(C)C2=O)c(Br)cc1OCc1ccc(Cl)cc1Cl. The molecule has 0 bridgehead atoms. The molecule has 0 spiro atoms. The Hall–Kier alpha value is -1.67. The summed E-state index contributed by atoms with van der Waals surface area (Å²) in [6, 6.07) is 8.93. The number of halogens is 3. The number of amides is 1. The van der Waals surface area contributed by atoms with Crippen molar-refractivity contribution in [2.24, 2.45) is 4.99 Å². The van der Waals surface area contributed by atoms with Crippen LogP contribution in [0.3, 0.4) is 0 Å². The van der Waals surface area contributed by atoms with E-state index >= 15 is 0 Å². The zero-order valence-corrected chi connectivity index (χ0v) is 20.5. The summed E-state index contributed by atoms with van der Waals surface area (Å²) in [7, 11) is 3.37.